The van der Waals surface area contributed by atoms with Gasteiger partial charge in [-0.05, 0) is 49.2 Å². The van der Waals surface area contributed by atoms with E-state index in [0.29, 0.717) is 5.75 Å². The highest BCUT2D eigenvalue weighted by atomic mass is 32.2. The number of hydrogen-bond acceptors (Lipinski definition) is 3. The van der Waals surface area contributed by atoms with E-state index in [0.717, 1.165) is 18.6 Å². The first kappa shape index (κ1) is 13.1. The average molecular weight is 289 g/mol. The van der Waals surface area contributed by atoms with Crippen molar-refractivity contribution in [3.8, 4) is 11.5 Å². The van der Waals surface area contributed by atoms with E-state index in [-0.39, 0.29) is 10.9 Å². The van der Waals surface area contributed by atoms with Crippen molar-refractivity contribution in [1.82, 2.24) is 4.72 Å². The second-order valence-electron chi connectivity index (χ2n) is 4.78. The summed E-state index contributed by atoms with van der Waals surface area (Å²) in [7, 11) is -3.39. The van der Waals surface area contributed by atoms with E-state index >= 15 is 0 Å². The van der Waals surface area contributed by atoms with Gasteiger partial charge < -0.3 is 4.74 Å². The lowest BCUT2D eigenvalue weighted by Gasteiger charge is -2.08. The molecule has 2 aromatic carbocycles. The van der Waals surface area contributed by atoms with E-state index in [1.54, 1.807) is 24.3 Å². The zero-order chi connectivity index (χ0) is 14.0. The molecule has 1 saturated carbocycles. The van der Waals surface area contributed by atoms with Gasteiger partial charge in [0, 0.05) is 6.04 Å². The molecule has 0 amide bonds. The minimum absolute atomic E-state index is 0.111. The number of hydrogen-bond donors (Lipinski definition) is 1. The van der Waals surface area contributed by atoms with Crippen LogP contribution in [0.2, 0.25) is 0 Å². The molecule has 4 nitrogen and oxygen atoms in total. The Morgan fingerprint density at radius 2 is 1.50 bits per heavy atom. The van der Waals surface area contributed by atoms with Gasteiger partial charge >= 0.3 is 0 Å². The van der Waals surface area contributed by atoms with Crippen LogP contribution < -0.4 is 9.46 Å². The first-order chi connectivity index (χ1) is 9.63. The van der Waals surface area contributed by atoms with Crippen molar-refractivity contribution in [2.45, 2.75) is 23.8 Å². The highest BCUT2D eigenvalue weighted by Crippen LogP contribution is 2.25. The van der Waals surface area contributed by atoms with E-state index < -0.39 is 10.0 Å². The van der Waals surface area contributed by atoms with Crippen LogP contribution in [0.3, 0.4) is 0 Å². The number of benzene rings is 2. The molecule has 0 radical (unpaired) electrons. The third-order valence-electron chi connectivity index (χ3n) is 3.01. The van der Waals surface area contributed by atoms with E-state index in [9.17, 15) is 8.42 Å². The number of sulfonamides is 1. The van der Waals surface area contributed by atoms with Crippen molar-refractivity contribution in [2.24, 2.45) is 0 Å². The molecule has 20 heavy (non-hydrogen) atoms. The Morgan fingerprint density at radius 1 is 0.900 bits per heavy atom. The van der Waals surface area contributed by atoms with Crippen molar-refractivity contribution in [3.05, 3.63) is 54.6 Å². The molecule has 1 aliphatic rings. The van der Waals surface area contributed by atoms with Gasteiger partial charge in [-0.1, -0.05) is 18.2 Å². The Kier molecular flexibility index (Phi) is 3.46. The molecule has 5 heteroatoms. The number of nitrogens with one attached hydrogen (secondary N) is 1. The second-order valence-corrected chi connectivity index (χ2v) is 6.50. The molecule has 0 spiro atoms. The van der Waals surface area contributed by atoms with E-state index in [4.69, 9.17) is 4.74 Å². The molecule has 3 rings (SSSR count). The molecule has 1 N–H and O–H groups in total. The van der Waals surface area contributed by atoms with Crippen molar-refractivity contribution in [2.75, 3.05) is 0 Å². The summed E-state index contributed by atoms with van der Waals surface area (Å²) in [6.45, 7) is 0. The molecule has 1 fully saturated rings. The smallest absolute Gasteiger partial charge is 0.240 e. The standard InChI is InChI=1S/C15H15NO3S/c17-20(18,16-12-6-7-12)15-10-8-14(9-11-15)19-13-4-2-1-3-5-13/h1-5,8-12,16H,6-7H2. The monoisotopic (exact) mass is 289 g/mol. The quantitative estimate of drug-likeness (QED) is 0.920. The molecule has 0 heterocycles. The van der Waals surface area contributed by atoms with Gasteiger partial charge in [-0.3, -0.25) is 0 Å². The van der Waals surface area contributed by atoms with Gasteiger partial charge in [-0.15, -0.1) is 0 Å². The average Bonchev–Trinajstić information content (AvgIpc) is 3.24. The molecule has 2 aromatic rings. The summed E-state index contributed by atoms with van der Waals surface area (Å²) < 4.78 is 32.3. The summed E-state index contributed by atoms with van der Waals surface area (Å²) in [5, 5.41) is 0. The molecule has 0 saturated heterocycles. The van der Waals surface area contributed by atoms with Gasteiger partial charge in [0.05, 0.1) is 4.90 Å². The van der Waals surface area contributed by atoms with Crippen LogP contribution in [0.4, 0.5) is 0 Å². The fourth-order valence-corrected chi connectivity index (χ4v) is 3.11. The number of para-hydroxylation sites is 1. The summed E-state index contributed by atoms with van der Waals surface area (Å²) in [6.07, 6.45) is 1.85. The summed E-state index contributed by atoms with van der Waals surface area (Å²) in [4.78, 5) is 0.268. The molecule has 0 aromatic heterocycles. The highest BCUT2D eigenvalue weighted by Gasteiger charge is 2.27. The largest absolute Gasteiger partial charge is 0.457 e. The van der Waals surface area contributed by atoms with Crippen LogP contribution in [0.25, 0.3) is 0 Å². The molecule has 0 unspecified atom stereocenters. The van der Waals surface area contributed by atoms with Crippen LogP contribution in [-0.4, -0.2) is 14.5 Å². The summed E-state index contributed by atoms with van der Waals surface area (Å²) in [6, 6.07) is 15.9. The molecule has 0 aliphatic heterocycles. The maximum absolute atomic E-state index is 12.0. The van der Waals surface area contributed by atoms with Crippen LogP contribution in [0.5, 0.6) is 11.5 Å². The minimum atomic E-state index is -3.39. The zero-order valence-corrected chi connectivity index (χ0v) is 11.6. The van der Waals surface area contributed by atoms with Gasteiger partial charge in [-0.2, -0.15) is 0 Å². The van der Waals surface area contributed by atoms with Gasteiger partial charge in [0.25, 0.3) is 0 Å². The van der Waals surface area contributed by atoms with Gasteiger partial charge in [0.1, 0.15) is 11.5 Å². The first-order valence-electron chi connectivity index (χ1n) is 6.49. The molecular weight excluding hydrogens is 274 g/mol. The summed E-state index contributed by atoms with van der Waals surface area (Å²) >= 11 is 0. The van der Waals surface area contributed by atoms with Crippen LogP contribution in [0.15, 0.2) is 59.5 Å². The predicted octanol–water partition coefficient (Wildman–Crippen LogP) is 2.92. The SMILES string of the molecule is O=S(=O)(NC1CC1)c1ccc(Oc2ccccc2)cc1. The Labute approximate surface area is 118 Å². The maximum atomic E-state index is 12.0. The minimum Gasteiger partial charge on any atom is -0.457 e. The first-order valence-corrected chi connectivity index (χ1v) is 7.97. The molecule has 1 aliphatic carbocycles. The molecule has 0 bridgehead atoms. The number of ether oxygens (including phenoxy) is 1. The Balaban J connectivity index is 1.74. The highest BCUT2D eigenvalue weighted by molar-refractivity contribution is 7.89. The molecule has 0 atom stereocenters. The van der Waals surface area contributed by atoms with Gasteiger partial charge in [-0.25, -0.2) is 13.1 Å². The zero-order valence-electron chi connectivity index (χ0n) is 10.8. The molecule has 104 valence electrons. The van der Waals surface area contributed by atoms with Crippen molar-refractivity contribution < 1.29 is 13.2 Å². The topological polar surface area (TPSA) is 55.4 Å². The van der Waals surface area contributed by atoms with Crippen molar-refractivity contribution in [1.29, 1.82) is 0 Å². The number of rotatable bonds is 5. The Bertz CT molecular complexity index is 677. The molecular formula is C15H15NO3S. The predicted molar refractivity (Wildman–Crippen MR) is 76.3 cm³/mol. The lowest BCUT2D eigenvalue weighted by atomic mass is 10.3. The second kappa shape index (κ2) is 5.26. The normalized spacial score (nSPS) is 15.0. The van der Waals surface area contributed by atoms with Crippen molar-refractivity contribution >= 4 is 10.0 Å². The lowest BCUT2D eigenvalue weighted by Crippen LogP contribution is -2.25. The third-order valence-corrected chi connectivity index (χ3v) is 4.55. The van der Waals surface area contributed by atoms with Crippen LogP contribution in [0.1, 0.15) is 12.8 Å². The fraction of sp³-hybridized carbons (Fsp3) is 0.200. The van der Waals surface area contributed by atoms with Gasteiger partial charge in [0.15, 0.2) is 0 Å². The van der Waals surface area contributed by atoms with Crippen molar-refractivity contribution in [3.63, 3.8) is 0 Å². The van der Waals surface area contributed by atoms with Gasteiger partial charge in [0.2, 0.25) is 10.0 Å². The van der Waals surface area contributed by atoms with Crippen LogP contribution in [-0.2, 0) is 10.0 Å². The summed E-state index contributed by atoms with van der Waals surface area (Å²) in [5.74, 6) is 1.33. The third kappa shape index (κ3) is 3.18. The Hall–Kier alpha value is -1.85. The van der Waals surface area contributed by atoms with E-state index in [1.165, 1.54) is 0 Å². The lowest BCUT2D eigenvalue weighted by molar-refractivity contribution is 0.482. The van der Waals surface area contributed by atoms with Crippen LogP contribution in [0, 0.1) is 0 Å². The summed E-state index contributed by atoms with van der Waals surface area (Å²) in [5.41, 5.74) is 0. The Morgan fingerprint density at radius 3 is 2.10 bits per heavy atom. The van der Waals surface area contributed by atoms with E-state index in [2.05, 4.69) is 4.72 Å². The maximum Gasteiger partial charge on any atom is 0.240 e. The van der Waals surface area contributed by atoms with Crippen LogP contribution >= 0.6 is 0 Å². The fourth-order valence-electron chi connectivity index (χ4n) is 1.80. The van der Waals surface area contributed by atoms with E-state index in [1.807, 2.05) is 30.3 Å².